The van der Waals surface area contributed by atoms with E-state index in [1.165, 1.54) is 31.1 Å². The van der Waals surface area contributed by atoms with Crippen LogP contribution in [0.1, 0.15) is 20.8 Å². The Morgan fingerprint density at radius 1 is 0.953 bits per heavy atom. The van der Waals surface area contributed by atoms with E-state index >= 15 is 0 Å². The molecule has 224 valence electrons. The van der Waals surface area contributed by atoms with Crippen molar-refractivity contribution in [3.05, 3.63) is 91.1 Å². The van der Waals surface area contributed by atoms with Crippen molar-refractivity contribution in [1.29, 1.82) is 0 Å². The third kappa shape index (κ3) is 6.79. The van der Waals surface area contributed by atoms with E-state index in [0.29, 0.717) is 23.2 Å². The number of anilines is 3. The molecule has 0 fully saturated rings. The molecule has 0 bridgehead atoms. The van der Waals surface area contributed by atoms with Crippen LogP contribution in [0, 0.1) is 5.82 Å². The molecule has 3 aromatic carbocycles. The van der Waals surface area contributed by atoms with E-state index in [-0.39, 0.29) is 10.6 Å². The van der Waals surface area contributed by atoms with Gasteiger partial charge < -0.3 is 14.6 Å². The second kappa shape index (κ2) is 12.8. The minimum absolute atomic E-state index is 0.0296. The highest BCUT2D eigenvalue weighted by molar-refractivity contribution is 7.92. The molecule has 9 nitrogen and oxygen atoms in total. The number of nitrogens with one attached hydrogen (secondary N) is 2. The Balaban J connectivity index is 1.27. The summed E-state index contributed by atoms with van der Waals surface area (Å²) in [6.45, 7) is 9.63. The molecule has 0 radical (unpaired) electrons. The third-order valence-electron chi connectivity index (χ3n) is 7.47. The summed E-state index contributed by atoms with van der Waals surface area (Å²) in [5.41, 5.74) is 3.98. The Hall–Kier alpha value is -4.48. The van der Waals surface area contributed by atoms with Crippen LogP contribution in [0.25, 0.3) is 22.2 Å². The van der Waals surface area contributed by atoms with Crippen molar-refractivity contribution in [1.82, 2.24) is 19.4 Å². The second-order valence-corrected chi connectivity index (χ2v) is 11.9. The summed E-state index contributed by atoms with van der Waals surface area (Å²) in [5.74, 6) is -0.191. The molecule has 11 heteroatoms. The lowest BCUT2D eigenvalue weighted by atomic mass is 10.1. The number of nitrogens with zero attached hydrogens (tertiary/aromatic N) is 4. The minimum atomic E-state index is -3.99. The van der Waals surface area contributed by atoms with Gasteiger partial charge in [-0.2, -0.15) is 0 Å². The number of sulfonamides is 1. The summed E-state index contributed by atoms with van der Waals surface area (Å²) < 4.78 is 49.1. The summed E-state index contributed by atoms with van der Waals surface area (Å²) in [7, 11) is -2.67. The summed E-state index contributed by atoms with van der Waals surface area (Å²) >= 11 is 0. The molecule has 5 aromatic rings. The predicted octanol–water partition coefficient (Wildman–Crippen LogP) is 6.52. The van der Waals surface area contributed by atoms with Gasteiger partial charge in [0.2, 0.25) is 0 Å². The van der Waals surface area contributed by atoms with Gasteiger partial charge in [0, 0.05) is 52.7 Å². The SMILES string of the molecule is CCN(CC)C(C)Cn1ccc2cc(-c3cc(Nc4ccc(NS(=O)(=O)c5ccc(OC)c(F)c5)cc4)ncn3)ccc21. The number of rotatable bonds is 12. The molecule has 0 amide bonds. The zero-order chi connectivity index (χ0) is 30.6. The molecule has 5 rings (SSSR count). The van der Waals surface area contributed by atoms with Crippen LogP contribution in [0.3, 0.4) is 0 Å². The fraction of sp³-hybridized carbons (Fsp3) is 0.250. The molecule has 2 heterocycles. The van der Waals surface area contributed by atoms with E-state index in [2.05, 4.69) is 80.7 Å². The van der Waals surface area contributed by atoms with Crippen LogP contribution in [0.15, 0.2) is 90.2 Å². The minimum Gasteiger partial charge on any atom is -0.494 e. The van der Waals surface area contributed by atoms with Crippen LogP contribution in [-0.2, 0) is 16.6 Å². The van der Waals surface area contributed by atoms with Gasteiger partial charge in [0.25, 0.3) is 10.0 Å². The summed E-state index contributed by atoms with van der Waals surface area (Å²) in [6.07, 6.45) is 3.65. The molecule has 0 aliphatic rings. The molecule has 0 aliphatic heterocycles. The van der Waals surface area contributed by atoms with Crippen LogP contribution >= 0.6 is 0 Å². The van der Waals surface area contributed by atoms with Gasteiger partial charge in [-0.25, -0.2) is 22.8 Å². The molecule has 1 unspecified atom stereocenters. The lowest BCUT2D eigenvalue weighted by Crippen LogP contribution is -2.35. The van der Waals surface area contributed by atoms with Gasteiger partial charge in [-0.15, -0.1) is 0 Å². The fourth-order valence-electron chi connectivity index (χ4n) is 5.15. The number of halogens is 1. The number of likely N-dealkylation sites (N-methyl/N-ethyl adjacent to an activating group) is 1. The molecule has 0 aliphatic carbocycles. The van der Waals surface area contributed by atoms with Crippen LogP contribution in [0.5, 0.6) is 5.75 Å². The first kappa shape index (κ1) is 30.0. The molecular weight excluding hydrogens is 567 g/mol. The molecule has 1 atom stereocenters. The van der Waals surface area contributed by atoms with Gasteiger partial charge in [0.05, 0.1) is 17.7 Å². The van der Waals surface area contributed by atoms with Gasteiger partial charge in [0.1, 0.15) is 12.1 Å². The van der Waals surface area contributed by atoms with Crippen molar-refractivity contribution >= 4 is 38.1 Å². The number of hydrogen-bond donors (Lipinski definition) is 2. The molecular formula is C32H35FN6O3S. The van der Waals surface area contributed by atoms with Gasteiger partial charge >= 0.3 is 0 Å². The van der Waals surface area contributed by atoms with Gasteiger partial charge in [-0.3, -0.25) is 9.62 Å². The van der Waals surface area contributed by atoms with Crippen LogP contribution < -0.4 is 14.8 Å². The predicted molar refractivity (Wildman–Crippen MR) is 169 cm³/mol. The van der Waals surface area contributed by atoms with E-state index in [4.69, 9.17) is 4.74 Å². The van der Waals surface area contributed by atoms with E-state index in [1.807, 2.05) is 6.07 Å². The summed E-state index contributed by atoms with van der Waals surface area (Å²) in [6, 6.07) is 20.9. The molecule has 2 N–H and O–H groups in total. The Labute approximate surface area is 251 Å². The largest absolute Gasteiger partial charge is 0.494 e. The Morgan fingerprint density at radius 3 is 2.40 bits per heavy atom. The number of benzene rings is 3. The maximum absolute atomic E-state index is 14.0. The molecule has 0 spiro atoms. The highest BCUT2D eigenvalue weighted by atomic mass is 32.2. The number of aromatic nitrogens is 3. The maximum Gasteiger partial charge on any atom is 0.262 e. The maximum atomic E-state index is 14.0. The highest BCUT2D eigenvalue weighted by Crippen LogP contribution is 2.27. The Bertz CT molecular complexity index is 1820. The van der Waals surface area contributed by atoms with E-state index in [0.717, 1.165) is 42.3 Å². The fourth-order valence-corrected chi connectivity index (χ4v) is 6.22. The van der Waals surface area contributed by atoms with Crippen molar-refractivity contribution < 1.29 is 17.5 Å². The molecule has 0 saturated heterocycles. The Morgan fingerprint density at radius 2 is 1.70 bits per heavy atom. The lowest BCUT2D eigenvalue weighted by molar-refractivity contribution is 0.213. The normalized spacial score (nSPS) is 12.4. The van der Waals surface area contributed by atoms with Gasteiger partial charge in [-0.1, -0.05) is 19.9 Å². The average Bonchev–Trinajstić information content (AvgIpc) is 3.40. The third-order valence-corrected chi connectivity index (χ3v) is 8.85. The van der Waals surface area contributed by atoms with Crippen molar-refractivity contribution in [3.63, 3.8) is 0 Å². The molecule has 43 heavy (non-hydrogen) atoms. The molecule has 2 aromatic heterocycles. The van der Waals surface area contributed by atoms with Crippen LogP contribution in [-0.4, -0.2) is 54.1 Å². The first-order valence-electron chi connectivity index (χ1n) is 14.1. The number of hydrogen-bond acceptors (Lipinski definition) is 7. The van der Waals surface area contributed by atoms with Crippen molar-refractivity contribution in [3.8, 4) is 17.0 Å². The van der Waals surface area contributed by atoms with Crippen LogP contribution in [0.4, 0.5) is 21.6 Å². The second-order valence-electron chi connectivity index (χ2n) is 10.2. The summed E-state index contributed by atoms with van der Waals surface area (Å²) in [5, 5.41) is 4.39. The topological polar surface area (TPSA) is 101 Å². The first-order chi connectivity index (χ1) is 20.7. The van der Waals surface area contributed by atoms with E-state index in [1.54, 1.807) is 24.3 Å². The Kier molecular flexibility index (Phi) is 8.93. The molecule has 0 saturated carbocycles. The number of ether oxygens (including phenoxy) is 1. The van der Waals surface area contributed by atoms with Gasteiger partial charge in [0.15, 0.2) is 11.6 Å². The smallest absolute Gasteiger partial charge is 0.262 e. The summed E-state index contributed by atoms with van der Waals surface area (Å²) in [4.78, 5) is 11.1. The van der Waals surface area contributed by atoms with Crippen molar-refractivity contribution in [2.75, 3.05) is 30.2 Å². The van der Waals surface area contributed by atoms with E-state index in [9.17, 15) is 12.8 Å². The van der Waals surface area contributed by atoms with Crippen LogP contribution in [0.2, 0.25) is 0 Å². The zero-order valence-electron chi connectivity index (χ0n) is 24.6. The number of methoxy groups -OCH3 is 1. The quantitative estimate of drug-likeness (QED) is 0.168. The monoisotopic (exact) mass is 602 g/mol. The van der Waals surface area contributed by atoms with Crippen molar-refractivity contribution in [2.24, 2.45) is 0 Å². The first-order valence-corrected chi connectivity index (χ1v) is 15.6. The van der Waals surface area contributed by atoms with Gasteiger partial charge in [-0.05, 0) is 80.7 Å². The highest BCUT2D eigenvalue weighted by Gasteiger charge is 2.17. The van der Waals surface area contributed by atoms with Crippen molar-refractivity contribution in [2.45, 2.75) is 38.3 Å². The zero-order valence-corrected chi connectivity index (χ0v) is 25.4. The van der Waals surface area contributed by atoms with E-state index < -0.39 is 15.8 Å². The standard InChI is InChI=1S/C32H35FN6O3S/c1-5-38(6-2)22(3)20-39-16-15-24-17-23(7-13-30(24)39)29-19-32(35-21-34-29)36-25-8-10-26(11-9-25)37-43(40,41)27-12-14-31(42-4)28(33)18-27/h7-19,21-22,37H,5-6,20H2,1-4H3,(H,34,35,36). The lowest BCUT2D eigenvalue weighted by Gasteiger charge is -2.27. The average molecular weight is 603 g/mol. The number of fused-ring (bicyclic) bond motifs is 1.